The van der Waals surface area contributed by atoms with Gasteiger partial charge in [0.25, 0.3) is 0 Å². The number of hydrazone groups is 1. The quantitative estimate of drug-likeness (QED) is 0.341. The fraction of sp³-hybridized carbons (Fsp3) is 0.467. The van der Waals surface area contributed by atoms with Crippen LogP contribution in [0.25, 0.3) is 10.2 Å². The van der Waals surface area contributed by atoms with Crippen LogP contribution in [0.15, 0.2) is 17.2 Å². The lowest BCUT2D eigenvalue weighted by Gasteiger charge is -2.09. The number of nitrogen functional groups attached to an aromatic ring is 1. The van der Waals surface area contributed by atoms with E-state index in [1.54, 1.807) is 17.6 Å². The molecule has 22 heavy (non-hydrogen) atoms. The summed E-state index contributed by atoms with van der Waals surface area (Å²) in [6, 6.07) is 4.12. The van der Waals surface area contributed by atoms with Gasteiger partial charge in [-0.1, -0.05) is 6.92 Å². The van der Waals surface area contributed by atoms with Gasteiger partial charge in [0.1, 0.15) is 5.82 Å². The molecule has 2 rings (SSSR count). The number of anilines is 2. The minimum atomic E-state index is 0.145. The predicted octanol–water partition coefficient (Wildman–Crippen LogP) is 2.56. The highest BCUT2D eigenvalue weighted by molar-refractivity contribution is 7.19. The Morgan fingerprint density at radius 3 is 2.95 bits per heavy atom. The van der Waals surface area contributed by atoms with Gasteiger partial charge in [-0.25, -0.2) is 4.98 Å². The molecule has 2 aromatic heterocycles. The van der Waals surface area contributed by atoms with Crippen LogP contribution < -0.4 is 21.8 Å². The number of thiophene rings is 1. The highest BCUT2D eigenvalue weighted by Gasteiger charge is 2.13. The van der Waals surface area contributed by atoms with E-state index < -0.39 is 0 Å². The number of hydrogen-bond acceptors (Lipinski definition) is 7. The zero-order chi connectivity index (χ0) is 15.9. The van der Waals surface area contributed by atoms with Crippen molar-refractivity contribution in [2.24, 2.45) is 5.10 Å². The number of aromatic nitrogens is 1. The molecule has 0 fully saturated rings. The van der Waals surface area contributed by atoms with Crippen molar-refractivity contribution in [3.63, 3.8) is 0 Å². The Hall–Kier alpha value is -1.86. The first-order valence-electron chi connectivity index (χ1n) is 7.53. The van der Waals surface area contributed by atoms with Crippen LogP contribution in [0, 0.1) is 0 Å². The van der Waals surface area contributed by atoms with E-state index in [9.17, 15) is 0 Å². The summed E-state index contributed by atoms with van der Waals surface area (Å²) in [6.07, 6.45) is 1.74. The molecule has 0 aliphatic rings. The highest BCUT2D eigenvalue weighted by Crippen LogP contribution is 2.34. The molecule has 1 unspecified atom stereocenters. The molecule has 1 atom stereocenters. The molecule has 0 bridgehead atoms. The predicted molar refractivity (Wildman–Crippen MR) is 96.8 cm³/mol. The lowest BCUT2D eigenvalue weighted by atomic mass is 10.2. The van der Waals surface area contributed by atoms with E-state index >= 15 is 0 Å². The zero-order valence-corrected chi connectivity index (χ0v) is 14.1. The molecule has 0 saturated heterocycles. The van der Waals surface area contributed by atoms with E-state index in [1.165, 1.54) is 4.88 Å². The molecule has 2 heterocycles. The number of fused-ring (bicyclic) bond motifs is 1. The standard InChI is InChI=1S/C15H24N6S/c1-4-17-6-7-18-11-9-14(16)20-12-8-13(22-15(11)12)10(3)21-19-5-2/h5,8-10,17,21H,4,6-7H2,1-3H3,(H3,16,18,20)/b19-5-. The SMILES string of the molecule is C/C=N\NC(C)c1cc2nc(N)cc(NCCNCC)c2s1. The van der Waals surface area contributed by atoms with Crippen molar-refractivity contribution < 1.29 is 0 Å². The van der Waals surface area contributed by atoms with Crippen molar-refractivity contribution in [2.75, 3.05) is 30.7 Å². The Balaban J connectivity index is 2.22. The summed E-state index contributed by atoms with van der Waals surface area (Å²) < 4.78 is 1.13. The smallest absolute Gasteiger partial charge is 0.126 e. The third kappa shape index (κ3) is 4.08. The number of likely N-dealkylation sites (N-methyl/N-ethyl adjacent to an activating group) is 1. The Kier molecular flexibility index (Phi) is 5.97. The number of rotatable bonds is 8. The second-order valence-corrected chi connectivity index (χ2v) is 6.06. The fourth-order valence-electron chi connectivity index (χ4n) is 2.12. The Labute approximate surface area is 135 Å². The van der Waals surface area contributed by atoms with E-state index in [-0.39, 0.29) is 6.04 Å². The first kappa shape index (κ1) is 16.5. The number of nitrogens with one attached hydrogen (secondary N) is 3. The lowest BCUT2D eigenvalue weighted by Crippen LogP contribution is -2.21. The van der Waals surface area contributed by atoms with Crippen LogP contribution >= 0.6 is 11.3 Å². The molecule has 0 aromatic carbocycles. The van der Waals surface area contributed by atoms with E-state index in [2.05, 4.69) is 46.1 Å². The third-order valence-electron chi connectivity index (χ3n) is 3.21. The van der Waals surface area contributed by atoms with Gasteiger partial charge in [-0.15, -0.1) is 11.3 Å². The summed E-state index contributed by atoms with van der Waals surface area (Å²) in [4.78, 5) is 5.62. The van der Waals surface area contributed by atoms with Gasteiger partial charge < -0.3 is 21.8 Å². The summed E-state index contributed by atoms with van der Waals surface area (Å²) in [7, 11) is 0. The topological polar surface area (TPSA) is 87.4 Å². The Bertz CT molecular complexity index is 636. The van der Waals surface area contributed by atoms with Crippen molar-refractivity contribution in [3.8, 4) is 0 Å². The van der Waals surface area contributed by atoms with Gasteiger partial charge in [-0.05, 0) is 26.5 Å². The summed E-state index contributed by atoms with van der Waals surface area (Å²) >= 11 is 1.72. The second-order valence-electron chi connectivity index (χ2n) is 4.98. The van der Waals surface area contributed by atoms with Crippen molar-refractivity contribution >= 4 is 39.3 Å². The molecule has 0 aliphatic heterocycles. The summed E-state index contributed by atoms with van der Waals surface area (Å²) in [6.45, 7) is 8.81. The van der Waals surface area contributed by atoms with Crippen LogP contribution in [0.5, 0.6) is 0 Å². The Morgan fingerprint density at radius 1 is 1.41 bits per heavy atom. The maximum Gasteiger partial charge on any atom is 0.126 e. The molecular formula is C15H24N6S. The van der Waals surface area contributed by atoms with Crippen LogP contribution in [-0.2, 0) is 0 Å². The monoisotopic (exact) mass is 320 g/mol. The van der Waals surface area contributed by atoms with E-state index in [4.69, 9.17) is 5.73 Å². The largest absolute Gasteiger partial charge is 0.384 e. The molecule has 0 radical (unpaired) electrons. The van der Waals surface area contributed by atoms with Gasteiger partial charge in [0.2, 0.25) is 0 Å². The van der Waals surface area contributed by atoms with Gasteiger partial charge >= 0.3 is 0 Å². The van der Waals surface area contributed by atoms with Crippen molar-refractivity contribution in [2.45, 2.75) is 26.8 Å². The van der Waals surface area contributed by atoms with E-state index in [0.717, 1.165) is 35.5 Å². The van der Waals surface area contributed by atoms with Gasteiger partial charge in [-0.3, -0.25) is 0 Å². The molecule has 0 saturated carbocycles. The van der Waals surface area contributed by atoms with Crippen molar-refractivity contribution in [3.05, 3.63) is 17.0 Å². The molecule has 5 N–H and O–H groups in total. The summed E-state index contributed by atoms with van der Waals surface area (Å²) in [5, 5.41) is 10.8. The van der Waals surface area contributed by atoms with Crippen LogP contribution in [0.3, 0.4) is 0 Å². The first-order chi connectivity index (χ1) is 10.7. The van der Waals surface area contributed by atoms with Crippen LogP contribution in [0.1, 0.15) is 31.7 Å². The van der Waals surface area contributed by atoms with Gasteiger partial charge in [0.15, 0.2) is 0 Å². The highest BCUT2D eigenvalue weighted by atomic mass is 32.1. The van der Waals surface area contributed by atoms with Crippen molar-refractivity contribution in [1.82, 2.24) is 15.7 Å². The lowest BCUT2D eigenvalue weighted by molar-refractivity contribution is 0.617. The average Bonchev–Trinajstić information content (AvgIpc) is 2.93. The van der Waals surface area contributed by atoms with Crippen LogP contribution in [0.2, 0.25) is 0 Å². The Morgan fingerprint density at radius 2 is 2.23 bits per heavy atom. The van der Waals surface area contributed by atoms with Crippen LogP contribution in [0.4, 0.5) is 11.5 Å². The molecule has 0 spiro atoms. The van der Waals surface area contributed by atoms with Crippen molar-refractivity contribution in [1.29, 1.82) is 0 Å². The normalized spacial score (nSPS) is 12.9. The zero-order valence-electron chi connectivity index (χ0n) is 13.3. The molecule has 120 valence electrons. The molecule has 7 heteroatoms. The minimum Gasteiger partial charge on any atom is -0.384 e. The van der Waals surface area contributed by atoms with E-state index in [1.807, 2.05) is 13.0 Å². The molecule has 2 aromatic rings. The maximum atomic E-state index is 5.92. The van der Waals surface area contributed by atoms with Gasteiger partial charge in [0, 0.05) is 30.2 Å². The molecule has 6 nitrogen and oxygen atoms in total. The maximum absolute atomic E-state index is 5.92. The molecule has 0 amide bonds. The number of hydrogen-bond donors (Lipinski definition) is 4. The average molecular weight is 320 g/mol. The van der Waals surface area contributed by atoms with Crippen LogP contribution in [-0.4, -0.2) is 30.8 Å². The number of pyridine rings is 1. The summed E-state index contributed by atoms with van der Waals surface area (Å²) in [5.74, 6) is 0.537. The number of nitrogens with zero attached hydrogens (tertiary/aromatic N) is 2. The summed E-state index contributed by atoms with van der Waals surface area (Å²) in [5.41, 5.74) is 11.0. The number of nitrogens with two attached hydrogens (primary N) is 1. The second kappa shape index (κ2) is 7.95. The molecule has 0 aliphatic carbocycles. The van der Waals surface area contributed by atoms with Gasteiger partial charge in [0.05, 0.1) is 21.9 Å². The van der Waals surface area contributed by atoms with Gasteiger partial charge in [-0.2, -0.15) is 5.10 Å². The first-order valence-corrected chi connectivity index (χ1v) is 8.35. The minimum absolute atomic E-state index is 0.145. The van der Waals surface area contributed by atoms with E-state index in [0.29, 0.717) is 5.82 Å². The third-order valence-corrected chi connectivity index (χ3v) is 4.55. The fourth-order valence-corrected chi connectivity index (χ4v) is 3.20. The molecular weight excluding hydrogens is 296 g/mol.